The summed E-state index contributed by atoms with van der Waals surface area (Å²) >= 11 is 5.87. The molecule has 7 nitrogen and oxygen atoms in total. The number of hydrogen-bond donors (Lipinski definition) is 1. The van der Waals surface area contributed by atoms with E-state index in [-0.39, 0.29) is 23.8 Å². The Morgan fingerprint density at radius 2 is 2.00 bits per heavy atom. The van der Waals surface area contributed by atoms with Crippen molar-refractivity contribution < 1.29 is 9.84 Å². The molecule has 0 bridgehead atoms. The molecule has 0 atom stereocenters. The summed E-state index contributed by atoms with van der Waals surface area (Å²) in [7, 11) is 0. The number of aliphatic hydroxyl groups is 1. The topological polar surface area (TPSA) is 86.0 Å². The molecule has 106 valence electrons. The summed E-state index contributed by atoms with van der Waals surface area (Å²) < 4.78 is 7.01. The number of aromatic nitrogens is 5. The second-order valence-corrected chi connectivity index (χ2v) is 4.34. The van der Waals surface area contributed by atoms with Gasteiger partial charge in [0.2, 0.25) is 5.28 Å². The van der Waals surface area contributed by atoms with Crippen LogP contribution in [0.4, 0.5) is 0 Å². The van der Waals surface area contributed by atoms with E-state index in [1.165, 1.54) is 4.68 Å². The molecule has 1 aromatic carbocycles. The lowest BCUT2D eigenvalue weighted by molar-refractivity contribution is 0.275. The molecule has 0 unspecified atom stereocenters. The SMILES string of the molecule is OCc1ccccc1Oc1nc(Cl)nc(-n2cccn2)n1. The molecular weight excluding hydrogens is 294 g/mol. The average Bonchev–Trinajstić information content (AvgIpc) is 3.01. The molecule has 2 aromatic heterocycles. The Labute approximate surface area is 124 Å². The van der Waals surface area contributed by atoms with Gasteiger partial charge in [-0.2, -0.15) is 20.1 Å². The Kier molecular flexibility index (Phi) is 3.76. The van der Waals surface area contributed by atoms with Crippen molar-refractivity contribution in [1.29, 1.82) is 0 Å². The number of para-hydroxylation sites is 1. The summed E-state index contributed by atoms with van der Waals surface area (Å²) in [6, 6.07) is 8.80. The van der Waals surface area contributed by atoms with Gasteiger partial charge in [-0.3, -0.25) is 0 Å². The first kappa shape index (κ1) is 13.5. The number of ether oxygens (including phenoxy) is 1. The molecule has 0 amide bonds. The maximum atomic E-state index is 9.28. The van der Waals surface area contributed by atoms with Crippen LogP contribution in [0, 0.1) is 0 Å². The number of benzene rings is 1. The van der Waals surface area contributed by atoms with E-state index >= 15 is 0 Å². The van der Waals surface area contributed by atoms with Crippen LogP contribution in [0.5, 0.6) is 11.8 Å². The predicted molar refractivity (Wildman–Crippen MR) is 74.4 cm³/mol. The van der Waals surface area contributed by atoms with E-state index in [9.17, 15) is 5.11 Å². The van der Waals surface area contributed by atoms with Gasteiger partial charge in [0, 0.05) is 18.0 Å². The average molecular weight is 304 g/mol. The van der Waals surface area contributed by atoms with Gasteiger partial charge < -0.3 is 9.84 Å². The number of hydrogen-bond acceptors (Lipinski definition) is 6. The van der Waals surface area contributed by atoms with Gasteiger partial charge in [-0.05, 0) is 23.7 Å². The highest BCUT2D eigenvalue weighted by Crippen LogP contribution is 2.23. The molecule has 2 heterocycles. The van der Waals surface area contributed by atoms with Crippen LogP contribution < -0.4 is 4.74 Å². The molecule has 0 fully saturated rings. The third-order valence-electron chi connectivity index (χ3n) is 2.63. The molecule has 3 aromatic rings. The highest BCUT2D eigenvalue weighted by Gasteiger charge is 2.11. The first-order chi connectivity index (χ1) is 10.3. The van der Waals surface area contributed by atoms with Crippen molar-refractivity contribution in [2.45, 2.75) is 6.61 Å². The Balaban J connectivity index is 1.96. The van der Waals surface area contributed by atoms with Gasteiger partial charge in [-0.15, -0.1) is 0 Å². The van der Waals surface area contributed by atoms with Crippen molar-refractivity contribution in [2.24, 2.45) is 0 Å². The van der Waals surface area contributed by atoms with E-state index in [4.69, 9.17) is 16.3 Å². The lowest BCUT2D eigenvalue weighted by Gasteiger charge is -2.08. The summed E-state index contributed by atoms with van der Waals surface area (Å²) in [6.07, 6.45) is 3.27. The van der Waals surface area contributed by atoms with Gasteiger partial charge in [-0.25, -0.2) is 4.68 Å². The predicted octanol–water partition coefficient (Wildman–Crippen LogP) is 2.00. The molecule has 0 aliphatic rings. The molecule has 0 aliphatic carbocycles. The van der Waals surface area contributed by atoms with E-state index in [0.717, 1.165) is 0 Å². The highest BCUT2D eigenvalue weighted by atomic mass is 35.5. The van der Waals surface area contributed by atoms with Crippen LogP contribution in [0.1, 0.15) is 5.56 Å². The zero-order valence-electron chi connectivity index (χ0n) is 10.7. The van der Waals surface area contributed by atoms with Crippen LogP contribution >= 0.6 is 11.6 Å². The monoisotopic (exact) mass is 303 g/mol. The summed E-state index contributed by atoms with van der Waals surface area (Å²) in [4.78, 5) is 12.0. The maximum absolute atomic E-state index is 9.28. The largest absolute Gasteiger partial charge is 0.424 e. The first-order valence-electron chi connectivity index (χ1n) is 6.04. The highest BCUT2D eigenvalue weighted by molar-refractivity contribution is 6.28. The summed E-state index contributed by atoms with van der Waals surface area (Å²) in [6.45, 7) is -0.152. The summed E-state index contributed by atoms with van der Waals surface area (Å²) in [5.74, 6) is 0.699. The number of nitrogens with zero attached hydrogens (tertiary/aromatic N) is 5. The second-order valence-electron chi connectivity index (χ2n) is 4.01. The van der Waals surface area contributed by atoms with Gasteiger partial charge in [0.05, 0.1) is 6.61 Å². The fraction of sp³-hybridized carbons (Fsp3) is 0.0769. The fourth-order valence-corrected chi connectivity index (χ4v) is 1.84. The van der Waals surface area contributed by atoms with Gasteiger partial charge in [0.25, 0.3) is 5.95 Å². The molecule has 0 radical (unpaired) electrons. The minimum absolute atomic E-state index is 0.00743. The molecule has 0 saturated carbocycles. The van der Waals surface area contributed by atoms with Gasteiger partial charge in [0.1, 0.15) is 5.75 Å². The Morgan fingerprint density at radius 3 is 2.76 bits per heavy atom. The number of rotatable bonds is 4. The second kappa shape index (κ2) is 5.86. The van der Waals surface area contributed by atoms with Crippen molar-refractivity contribution in [1.82, 2.24) is 24.7 Å². The number of halogens is 1. The zero-order chi connectivity index (χ0) is 14.7. The maximum Gasteiger partial charge on any atom is 0.328 e. The van der Waals surface area contributed by atoms with Crippen LogP contribution in [0.2, 0.25) is 5.28 Å². The summed E-state index contributed by atoms with van der Waals surface area (Å²) in [5.41, 5.74) is 0.620. The van der Waals surface area contributed by atoms with E-state index in [1.807, 2.05) is 0 Å². The molecule has 0 spiro atoms. The Hall–Kier alpha value is -2.51. The standard InChI is InChI=1S/C13H10ClN5O2/c14-11-16-12(19-7-3-6-15-19)18-13(17-11)21-10-5-2-1-4-9(10)8-20/h1-7,20H,8H2. The van der Waals surface area contributed by atoms with E-state index < -0.39 is 0 Å². The molecule has 21 heavy (non-hydrogen) atoms. The van der Waals surface area contributed by atoms with Crippen molar-refractivity contribution in [3.05, 3.63) is 53.6 Å². The smallest absolute Gasteiger partial charge is 0.328 e. The van der Waals surface area contributed by atoms with Crippen molar-refractivity contribution >= 4 is 11.6 Å². The number of aliphatic hydroxyl groups excluding tert-OH is 1. The molecule has 1 N–H and O–H groups in total. The van der Waals surface area contributed by atoms with E-state index in [1.54, 1.807) is 42.7 Å². The Bertz CT molecular complexity index is 748. The van der Waals surface area contributed by atoms with Crippen LogP contribution in [0.25, 0.3) is 5.95 Å². The Morgan fingerprint density at radius 1 is 1.14 bits per heavy atom. The van der Waals surface area contributed by atoms with Crippen molar-refractivity contribution in [3.63, 3.8) is 0 Å². The molecule has 0 aliphatic heterocycles. The van der Waals surface area contributed by atoms with Crippen molar-refractivity contribution in [3.8, 4) is 17.7 Å². The van der Waals surface area contributed by atoms with E-state index in [2.05, 4.69) is 20.1 Å². The van der Waals surface area contributed by atoms with Gasteiger partial charge in [-0.1, -0.05) is 18.2 Å². The molecular formula is C13H10ClN5O2. The van der Waals surface area contributed by atoms with Crippen molar-refractivity contribution in [2.75, 3.05) is 0 Å². The lowest BCUT2D eigenvalue weighted by atomic mass is 10.2. The van der Waals surface area contributed by atoms with Gasteiger partial charge in [0.15, 0.2) is 0 Å². The fourth-order valence-electron chi connectivity index (χ4n) is 1.69. The zero-order valence-corrected chi connectivity index (χ0v) is 11.5. The summed E-state index contributed by atoms with van der Waals surface area (Å²) in [5, 5.41) is 13.3. The molecule has 0 saturated heterocycles. The minimum Gasteiger partial charge on any atom is -0.424 e. The van der Waals surface area contributed by atoms with Crippen LogP contribution in [0.3, 0.4) is 0 Å². The first-order valence-corrected chi connectivity index (χ1v) is 6.42. The van der Waals surface area contributed by atoms with Gasteiger partial charge >= 0.3 is 6.01 Å². The quantitative estimate of drug-likeness (QED) is 0.793. The van der Waals surface area contributed by atoms with Crippen LogP contribution in [0.15, 0.2) is 42.7 Å². The third-order valence-corrected chi connectivity index (χ3v) is 2.80. The normalized spacial score (nSPS) is 10.6. The molecule has 3 rings (SSSR count). The van der Waals surface area contributed by atoms with Crippen LogP contribution in [-0.4, -0.2) is 29.8 Å². The lowest BCUT2D eigenvalue weighted by Crippen LogP contribution is -2.05. The third kappa shape index (κ3) is 2.99. The van der Waals surface area contributed by atoms with Crippen LogP contribution in [-0.2, 0) is 6.61 Å². The van der Waals surface area contributed by atoms with E-state index in [0.29, 0.717) is 11.3 Å². The molecule has 8 heteroatoms. The minimum atomic E-state index is -0.152.